The number of aliphatic hydroxyl groups excluding tert-OH is 1. The second-order valence-corrected chi connectivity index (χ2v) is 27.6. The Balaban J connectivity index is 5.25. The molecule has 0 saturated heterocycles. The second kappa shape index (κ2) is 59.4. The zero-order chi connectivity index (χ0) is 63.6. The van der Waals surface area contributed by atoms with Crippen molar-refractivity contribution in [1.82, 2.24) is 0 Å². The van der Waals surface area contributed by atoms with Crippen LogP contribution in [0.2, 0.25) is 0 Å². The minimum absolute atomic E-state index is 0.103. The molecule has 3 N–H and O–H groups in total. The molecule has 7 atom stereocenters. The highest BCUT2D eigenvalue weighted by Crippen LogP contribution is 2.45. The average molecular weight is 1270 g/mol. The predicted molar refractivity (Wildman–Crippen MR) is 345 cm³/mol. The molecule has 86 heavy (non-hydrogen) atoms. The molecule has 0 heterocycles. The second-order valence-electron chi connectivity index (χ2n) is 24.7. The van der Waals surface area contributed by atoms with E-state index in [9.17, 15) is 43.2 Å². The van der Waals surface area contributed by atoms with Crippen LogP contribution in [0.5, 0.6) is 0 Å². The van der Waals surface area contributed by atoms with Crippen LogP contribution in [-0.4, -0.2) is 96.7 Å². The first-order valence-corrected chi connectivity index (χ1v) is 38.1. The van der Waals surface area contributed by atoms with Gasteiger partial charge in [-0.05, 0) is 37.5 Å². The number of ether oxygens (including phenoxy) is 4. The molecule has 0 rings (SSSR count). The van der Waals surface area contributed by atoms with E-state index in [0.29, 0.717) is 25.7 Å². The topological polar surface area (TPSA) is 237 Å². The SMILES string of the molecule is CCCCCCCCCCCCCCC(=O)OC[C@H](COP(=O)(O)OC[C@@H](O)COP(=O)(O)OC[C@@H](COC(=O)CCCCCCCCCCCC)OC(=O)CCCCCCCCC(C)CC)OC(=O)CCCCCCCCCCCCC(C)CC. The van der Waals surface area contributed by atoms with E-state index < -0.39 is 97.5 Å². The number of phosphoric ester groups is 2. The summed E-state index contributed by atoms with van der Waals surface area (Å²) in [6.07, 6.45) is 42.9. The number of hydrogen-bond acceptors (Lipinski definition) is 15. The summed E-state index contributed by atoms with van der Waals surface area (Å²) in [7, 11) is -9.89. The molecule has 0 spiro atoms. The molecule has 0 aliphatic heterocycles. The number of unbranched alkanes of at least 4 members (excludes halogenated alkanes) is 34. The van der Waals surface area contributed by atoms with E-state index in [-0.39, 0.29) is 25.7 Å². The van der Waals surface area contributed by atoms with Gasteiger partial charge < -0.3 is 33.8 Å². The van der Waals surface area contributed by atoms with E-state index in [1.165, 1.54) is 154 Å². The van der Waals surface area contributed by atoms with Gasteiger partial charge in [-0.15, -0.1) is 0 Å². The van der Waals surface area contributed by atoms with Crippen molar-refractivity contribution >= 4 is 39.5 Å². The number of phosphoric acid groups is 2. The molecule has 0 radical (unpaired) electrons. The fourth-order valence-electron chi connectivity index (χ4n) is 10.00. The summed E-state index contributed by atoms with van der Waals surface area (Å²) >= 11 is 0. The van der Waals surface area contributed by atoms with Crippen molar-refractivity contribution < 1.29 is 80.2 Å². The molecule has 0 aromatic carbocycles. The molecular weight excluding hydrogens is 1140 g/mol. The smallest absolute Gasteiger partial charge is 0.462 e. The molecule has 0 aromatic rings. The number of esters is 4. The lowest BCUT2D eigenvalue weighted by molar-refractivity contribution is -0.161. The highest BCUT2D eigenvalue weighted by atomic mass is 31.2. The summed E-state index contributed by atoms with van der Waals surface area (Å²) in [5.74, 6) is -0.607. The lowest BCUT2D eigenvalue weighted by Gasteiger charge is -2.21. The Hall–Kier alpha value is -1.94. The first-order valence-electron chi connectivity index (χ1n) is 35.1. The van der Waals surface area contributed by atoms with Crippen LogP contribution in [0.4, 0.5) is 0 Å². The number of hydrogen-bond donors (Lipinski definition) is 3. The van der Waals surface area contributed by atoms with Gasteiger partial charge in [-0.3, -0.25) is 37.3 Å². The standard InChI is InChI=1S/C67H130O17P2/c1-7-11-13-15-17-19-21-22-27-31-38-44-50-65(70)77-55-62(83-66(71)51-45-39-32-28-24-23-25-29-35-41-47-59(5)9-3)57-81-85(73,74)79-53-61(68)54-80-86(75,76)82-58-63(84-67(72)52-46-40-34-33-36-42-48-60(6)10-4)56-78-64(69)49-43-37-30-26-20-18-16-14-12-8-2/h59-63,68H,7-58H2,1-6H3,(H,73,74)(H,75,76)/t59?,60?,61-,62-,63-/m1/s1. The molecule has 19 heteroatoms. The Morgan fingerprint density at radius 1 is 0.326 bits per heavy atom. The fraction of sp³-hybridized carbons (Fsp3) is 0.940. The summed E-state index contributed by atoms with van der Waals surface area (Å²) in [4.78, 5) is 72.4. The van der Waals surface area contributed by atoms with Crippen molar-refractivity contribution in [2.24, 2.45) is 11.8 Å². The fourth-order valence-corrected chi connectivity index (χ4v) is 11.6. The number of carbonyl (C=O) groups excluding carboxylic acids is 4. The molecule has 0 amide bonds. The van der Waals surface area contributed by atoms with Crippen molar-refractivity contribution in [2.45, 2.75) is 355 Å². The third kappa shape index (κ3) is 58.4. The van der Waals surface area contributed by atoms with Crippen LogP contribution in [0.25, 0.3) is 0 Å². The number of aliphatic hydroxyl groups is 1. The van der Waals surface area contributed by atoms with E-state index >= 15 is 0 Å². The van der Waals surface area contributed by atoms with Gasteiger partial charge in [0.1, 0.15) is 19.3 Å². The Bertz CT molecular complexity index is 1690. The van der Waals surface area contributed by atoms with Gasteiger partial charge in [-0.25, -0.2) is 9.13 Å². The highest BCUT2D eigenvalue weighted by Gasteiger charge is 2.30. The van der Waals surface area contributed by atoms with Gasteiger partial charge in [0, 0.05) is 25.7 Å². The van der Waals surface area contributed by atoms with Gasteiger partial charge in [0.05, 0.1) is 26.4 Å². The third-order valence-electron chi connectivity index (χ3n) is 16.2. The van der Waals surface area contributed by atoms with Gasteiger partial charge in [-0.1, -0.05) is 286 Å². The zero-order valence-corrected chi connectivity index (χ0v) is 57.4. The third-order valence-corrected chi connectivity index (χ3v) is 18.1. The van der Waals surface area contributed by atoms with E-state index in [1.807, 2.05) is 0 Å². The lowest BCUT2D eigenvalue weighted by atomic mass is 9.99. The summed E-state index contributed by atoms with van der Waals surface area (Å²) in [5, 5.41) is 10.6. The Morgan fingerprint density at radius 3 is 0.826 bits per heavy atom. The molecule has 0 fully saturated rings. The molecule has 0 aliphatic rings. The minimum atomic E-state index is -4.95. The zero-order valence-electron chi connectivity index (χ0n) is 55.6. The van der Waals surface area contributed by atoms with E-state index in [2.05, 4.69) is 41.5 Å². The van der Waals surface area contributed by atoms with Gasteiger partial charge >= 0.3 is 39.5 Å². The highest BCUT2D eigenvalue weighted by molar-refractivity contribution is 7.47. The molecular formula is C67H130O17P2. The Kier molecular flexibility index (Phi) is 58.0. The number of rotatable bonds is 66. The van der Waals surface area contributed by atoms with Crippen LogP contribution < -0.4 is 0 Å². The molecule has 0 bridgehead atoms. The van der Waals surface area contributed by atoms with Crippen LogP contribution >= 0.6 is 15.6 Å². The van der Waals surface area contributed by atoms with Crippen LogP contribution in [0.1, 0.15) is 337 Å². The van der Waals surface area contributed by atoms with Crippen LogP contribution in [-0.2, 0) is 65.4 Å². The van der Waals surface area contributed by atoms with Crippen molar-refractivity contribution in [3.63, 3.8) is 0 Å². The lowest BCUT2D eigenvalue weighted by Crippen LogP contribution is -2.30. The average Bonchev–Trinajstić information content (AvgIpc) is 3.66. The maximum absolute atomic E-state index is 13.0. The minimum Gasteiger partial charge on any atom is -0.462 e. The first-order chi connectivity index (χ1) is 41.4. The maximum Gasteiger partial charge on any atom is 0.472 e. The molecule has 510 valence electrons. The van der Waals surface area contributed by atoms with Crippen LogP contribution in [0, 0.1) is 11.8 Å². The van der Waals surface area contributed by atoms with Gasteiger partial charge in [-0.2, -0.15) is 0 Å². The van der Waals surface area contributed by atoms with Gasteiger partial charge in [0.25, 0.3) is 0 Å². The molecule has 0 saturated carbocycles. The first kappa shape index (κ1) is 84.1. The summed E-state index contributed by atoms with van der Waals surface area (Å²) < 4.78 is 68.1. The van der Waals surface area contributed by atoms with E-state index in [1.54, 1.807) is 0 Å². The summed E-state index contributed by atoms with van der Waals surface area (Å²) in [6, 6.07) is 0. The largest absolute Gasteiger partial charge is 0.472 e. The molecule has 17 nitrogen and oxygen atoms in total. The van der Waals surface area contributed by atoms with Crippen molar-refractivity contribution in [3.05, 3.63) is 0 Å². The molecule has 0 aromatic heterocycles. The number of carbonyl (C=O) groups is 4. The summed E-state index contributed by atoms with van der Waals surface area (Å²) in [5.41, 5.74) is 0. The van der Waals surface area contributed by atoms with E-state index in [0.717, 1.165) is 102 Å². The Morgan fingerprint density at radius 2 is 0.558 bits per heavy atom. The van der Waals surface area contributed by atoms with Crippen LogP contribution in [0.15, 0.2) is 0 Å². The van der Waals surface area contributed by atoms with Gasteiger partial charge in [0.2, 0.25) is 0 Å². The van der Waals surface area contributed by atoms with Crippen molar-refractivity contribution in [2.75, 3.05) is 39.6 Å². The maximum atomic E-state index is 13.0. The Labute approximate surface area is 524 Å². The van der Waals surface area contributed by atoms with E-state index in [4.69, 9.17) is 37.0 Å². The quantitative estimate of drug-likeness (QED) is 0.0222. The predicted octanol–water partition coefficient (Wildman–Crippen LogP) is 18.8. The van der Waals surface area contributed by atoms with Crippen molar-refractivity contribution in [3.8, 4) is 0 Å². The molecule has 4 unspecified atom stereocenters. The normalized spacial score (nSPS) is 14.8. The van der Waals surface area contributed by atoms with Crippen LogP contribution in [0.3, 0.4) is 0 Å². The summed E-state index contributed by atoms with van der Waals surface area (Å²) in [6.45, 7) is 9.49. The monoisotopic (exact) mass is 1270 g/mol. The van der Waals surface area contributed by atoms with Gasteiger partial charge in [0.15, 0.2) is 12.2 Å². The van der Waals surface area contributed by atoms with Crippen molar-refractivity contribution in [1.29, 1.82) is 0 Å². The molecule has 0 aliphatic carbocycles.